The fourth-order valence-corrected chi connectivity index (χ4v) is 3.80. The first-order chi connectivity index (χ1) is 9.88. The van der Waals surface area contributed by atoms with Crippen LogP contribution < -0.4 is 5.32 Å². The second-order valence-corrected chi connectivity index (χ2v) is 6.88. The van der Waals surface area contributed by atoms with Gasteiger partial charge in [0.1, 0.15) is 0 Å². The van der Waals surface area contributed by atoms with Gasteiger partial charge in [-0.3, -0.25) is 0 Å². The molecule has 0 aromatic heterocycles. The van der Waals surface area contributed by atoms with Crippen molar-refractivity contribution in [3.05, 3.63) is 0 Å². The van der Waals surface area contributed by atoms with Crippen LogP contribution in [0.4, 0.5) is 0 Å². The van der Waals surface area contributed by atoms with Crippen molar-refractivity contribution in [3.8, 4) is 0 Å². The Morgan fingerprint density at radius 1 is 0.850 bits per heavy atom. The number of unbranched alkanes of at least 4 members (excludes halogenated alkanes) is 7. The third kappa shape index (κ3) is 8.29. The summed E-state index contributed by atoms with van der Waals surface area (Å²) in [6.07, 6.45) is 19.1. The van der Waals surface area contributed by atoms with Crippen LogP contribution in [0.15, 0.2) is 0 Å². The molecule has 1 unspecified atom stereocenters. The monoisotopic (exact) mass is 281 g/mol. The average molecular weight is 282 g/mol. The molecule has 0 aromatic rings. The summed E-state index contributed by atoms with van der Waals surface area (Å²) in [6.45, 7) is 6.95. The highest BCUT2D eigenvalue weighted by atomic mass is 14.8. The molecule has 1 saturated carbocycles. The molecule has 120 valence electrons. The Hall–Kier alpha value is -0.0400. The van der Waals surface area contributed by atoms with Gasteiger partial charge in [-0.15, -0.1) is 0 Å². The summed E-state index contributed by atoms with van der Waals surface area (Å²) in [6, 6.07) is 0. The fourth-order valence-electron chi connectivity index (χ4n) is 3.80. The zero-order chi connectivity index (χ0) is 14.5. The van der Waals surface area contributed by atoms with Crippen LogP contribution in [0.2, 0.25) is 0 Å². The predicted molar refractivity (Wildman–Crippen MR) is 91.2 cm³/mol. The van der Waals surface area contributed by atoms with Crippen molar-refractivity contribution < 1.29 is 0 Å². The van der Waals surface area contributed by atoms with E-state index in [0.29, 0.717) is 0 Å². The molecule has 1 nitrogen and oxygen atoms in total. The molecule has 0 bridgehead atoms. The highest BCUT2D eigenvalue weighted by Gasteiger charge is 2.23. The van der Waals surface area contributed by atoms with Crippen LogP contribution in [0, 0.1) is 11.8 Å². The molecule has 1 heteroatoms. The van der Waals surface area contributed by atoms with Crippen LogP contribution in [-0.2, 0) is 0 Å². The molecule has 1 aliphatic rings. The van der Waals surface area contributed by atoms with Gasteiger partial charge in [-0.1, -0.05) is 90.9 Å². The van der Waals surface area contributed by atoms with Gasteiger partial charge in [-0.25, -0.2) is 0 Å². The summed E-state index contributed by atoms with van der Waals surface area (Å²) >= 11 is 0. The van der Waals surface area contributed by atoms with Crippen LogP contribution in [0.3, 0.4) is 0 Å². The lowest BCUT2D eigenvalue weighted by molar-refractivity contribution is 0.297. The molecular formula is C19H39N. The number of hydrogen-bond acceptors (Lipinski definition) is 1. The molecule has 0 saturated heterocycles. The molecular weight excluding hydrogens is 242 g/mol. The maximum Gasteiger partial charge on any atom is -0.00180 e. The lowest BCUT2D eigenvalue weighted by Crippen LogP contribution is -2.27. The molecule has 0 heterocycles. The third-order valence-electron chi connectivity index (χ3n) is 5.15. The molecule has 1 N–H and O–H groups in total. The molecule has 0 aliphatic heterocycles. The standard InChI is InChI=1S/C19H39N/c1-3-5-6-7-8-9-10-11-16-19(17-20-4-2)18-14-12-13-15-18/h18-20H,3-17H2,1-2H3. The molecule has 1 rings (SSSR count). The van der Waals surface area contributed by atoms with Crippen LogP contribution >= 0.6 is 0 Å². The normalized spacial score (nSPS) is 17.7. The van der Waals surface area contributed by atoms with E-state index in [4.69, 9.17) is 0 Å². The van der Waals surface area contributed by atoms with Crippen molar-refractivity contribution in [2.75, 3.05) is 13.1 Å². The lowest BCUT2D eigenvalue weighted by Gasteiger charge is -2.23. The third-order valence-corrected chi connectivity index (χ3v) is 5.15. The first-order valence-corrected chi connectivity index (χ1v) is 9.59. The summed E-state index contributed by atoms with van der Waals surface area (Å²) in [7, 11) is 0. The fraction of sp³-hybridized carbons (Fsp3) is 1.00. The molecule has 0 spiro atoms. The Labute approximate surface area is 128 Å². The van der Waals surface area contributed by atoms with E-state index in [0.717, 1.165) is 18.4 Å². The van der Waals surface area contributed by atoms with Crippen molar-refractivity contribution >= 4 is 0 Å². The zero-order valence-electron chi connectivity index (χ0n) is 14.3. The van der Waals surface area contributed by atoms with Gasteiger partial charge in [0, 0.05) is 0 Å². The van der Waals surface area contributed by atoms with Crippen molar-refractivity contribution in [3.63, 3.8) is 0 Å². The summed E-state index contributed by atoms with van der Waals surface area (Å²) in [5, 5.41) is 3.60. The average Bonchev–Trinajstić information content (AvgIpc) is 2.99. The Balaban J connectivity index is 2.02. The van der Waals surface area contributed by atoms with Gasteiger partial charge < -0.3 is 5.32 Å². The quantitative estimate of drug-likeness (QED) is 0.412. The summed E-state index contributed by atoms with van der Waals surface area (Å²) in [4.78, 5) is 0. The molecule has 0 aromatic carbocycles. The van der Waals surface area contributed by atoms with Gasteiger partial charge in [0.2, 0.25) is 0 Å². The van der Waals surface area contributed by atoms with E-state index >= 15 is 0 Å². The number of rotatable bonds is 13. The van der Waals surface area contributed by atoms with E-state index in [-0.39, 0.29) is 0 Å². The van der Waals surface area contributed by atoms with Gasteiger partial charge in [0.15, 0.2) is 0 Å². The molecule has 0 amide bonds. The summed E-state index contributed by atoms with van der Waals surface area (Å²) in [5.74, 6) is 2.01. The topological polar surface area (TPSA) is 12.0 Å². The van der Waals surface area contributed by atoms with Gasteiger partial charge in [0.05, 0.1) is 0 Å². The molecule has 0 radical (unpaired) electrons. The highest BCUT2D eigenvalue weighted by Crippen LogP contribution is 2.33. The second kappa shape index (κ2) is 12.7. The van der Waals surface area contributed by atoms with Crippen LogP contribution in [-0.4, -0.2) is 13.1 Å². The Morgan fingerprint density at radius 3 is 2.05 bits per heavy atom. The Bertz CT molecular complexity index is 196. The predicted octanol–water partition coefficient (Wildman–Crippen LogP) is 5.93. The largest absolute Gasteiger partial charge is 0.317 e. The van der Waals surface area contributed by atoms with Crippen LogP contribution in [0.5, 0.6) is 0 Å². The first kappa shape index (κ1) is 18.0. The maximum absolute atomic E-state index is 3.60. The van der Waals surface area contributed by atoms with Crippen LogP contribution in [0.25, 0.3) is 0 Å². The minimum absolute atomic E-state index is 0.970. The molecule has 1 atom stereocenters. The second-order valence-electron chi connectivity index (χ2n) is 6.88. The lowest BCUT2D eigenvalue weighted by atomic mass is 9.86. The minimum Gasteiger partial charge on any atom is -0.317 e. The van der Waals surface area contributed by atoms with E-state index < -0.39 is 0 Å². The minimum atomic E-state index is 0.970. The van der Waals surface area contributed by atoms with Gasteiger partial charge in [-0.2, -0.15) is 0 Å². The zero-order valence-corrected chi connectivity index (χ0v) is 14.3. The smallest absolute Gasteiger partial charge is 0.00180 e. The Morgan fingerprint density at radius 2 is 1.45 bits per heavy atom. The van der Waals surface area contributed by atoms with Gasteiger partial charge >= 0.3 is 0 Å². The highest BCUT2D eigenvalue weighted by molar-refractivity contribution is 4.77. The van der Waals surface area contributed by atoms with Crippen molar-refractivity contribution in [1.29, 1.82) is 0 Å². The number of nitrogens with one attached hydrogen (secondary N) is 1. The van der Waals surface area contributed by atoms with E-state index in [1.54, 1.807) is 0 Å². The first-order valence-electron chi connectivity index (χ1n) is 9.59. The Kier molecular flexibility index (Phi) is 11.4. The SMILES string of the molecule is CCCCCCCCCCC(CNCC)C1CCCC1. The van der Waals surface area contributed by atoms with Crippen LogP contribution in [0.1, 0.15) is 97.3 Å². The maximum atomic E-state index is 3.60. The van der Waals surface area contributed by atoms with Crippen molar-refractivity contribution in [2.24, 2.45) is 11.8 Å². The summed E-state index contributed by atoms with van der Waals surface area (Å²) in [5.41, 5.74) is 0. The number of hydrogen-bond donors (Lipinski definition) is 1. The van der Waals surface area contributed by atoms with Crippen molar-refractivity contribution in [2.45, 2.75) is 97.3 Å². The van der Waals surface area contributed by atoms with E-state index in [1.807, 2.05) is 0 Å². The van der Waals surface area contributed by atoms with Gasteiger partial charge in [0.25, 0.3) is 0 Å². The molecule has 1 fully saturated rings. The van der Waals surface area contributed by atoms with Gasteiger partial charge in [-0.05, 0) is 31.3 Å². The molecule has 20 heavy (non-hydrogen) atoms. The van der Waals surface area contributed by atoms with E-state index in [2.05, 4.69) is 19.2 Å². The molecule has 1 aliphatic carbocycles. The van der Waals surface area contributed by atoms with E-state index in [1.165, 1.54) is 90.0 Å². The summed E-state index contributed by atoms with van der Waals surface area (Å²) < 4.78 is 0. The van der Waals surface area contributed by atoms with E-state index in [9.17, 15) is 0 Å². The van der Waals surface area contributed by atoms with Crippen molar-refractivity contribution in [1.82, 2.24) is 5.32 Å².